The van der Waals surface area contributed by atoms with Crippen molar-refractivity contribution in [1.29, 1.82) is 0 Å². The van der Waals surface area contributed by atoms with E-state index in [0.29, 0.717) is 12.0 Å². The molecule has 1 heterocycles. The largest absolute Gasteiger partial charge is 0.351 e. The Morgan fingerprint density at radius 1 is 1.53 bits per heavy atom. The fourth-order valence-corrected chi connectivity index (χ4v) is 2.06. The maximum Gasteiger partial charge on any atom is 0.205 e. The molecule has 1 atom stereocenters. The van der Waals surface area contributed by atoms with Gasteiger partial charge in [0, 0.05) is 19.1 Å². The second kappa shape index (κ2) is 7.50. The number of likely N-dealkylation sites (N-methyl/N-ethyl adjacent to an activating group) is 1. The standard InChI is InChI=1S/C12H27N5/c1-4-17-7-5-6-11(9-17)15-12(16-13)14-8-10(2)3/h10-11H,4-9,13H2,1-3H3,(H2,14,15,16). The molecule has 1 aliphatic heterocycles. The van der Waals surface area contributed by atoms with E-state index in [1.165, 1.54) is 19.4 Å². The summed E-state index contributed by atoms with van der Waals surface area (Å²) >= 11 is 0. The number of rotatable bonds is 4. The van der Waals surface area contributed by atoms with Crippen LogP contribution in [-0.2, 0) is 0 Å². The van der Waals surface area contributed by atoms with Gasteiger partial charge >= 0.3 is 0 Å². The number of piperidine rings is 1. The van der Waals surface area contributed by atoms with E-state index < -0.39 is 0 Å². The van der Waals surface area contributed by atoms with E-state index in [1.54, 1.807) is 0 Å². The van der Waals surface area contributed by atoms with Gasteiger partial charge in [-0.25, -0.2) is 5.84 Å². The summed E-state index contributed by atoms with van der Waals surface area (Å²) in [5.41, 5.74) is 2.66. The molecule has 0 bridgehead atoms. The van der Waals surface area contributed by atoms with Crippen LogP contribution in [-0.4, -0.2) is 43.1 Å². The van der Waals surface area contributed by atoms with Gasteiger partial charge in [-0.1, -0.05) is 20.8 Å². The fourth-order valence-electron chi connectivity index (χ4n) is 2.06. The summed E-state index contributed by atoms with van der Waals surface area (Å²) in [7, 11) is 0. The highest BCUT2D eigenvalue weighted by Crippen LogP contribution is 2.09. The van der Waals surface area contributed by atoms with E-state index >= 15 is 0 Å². The number of guanidine groups is 1. The van der Waals surface area contributed by atoms with E-state index in [1.807, 2.05) is 0 Å². The molecule has 0 aliphatic carbocycles. The summed E-state index contributed by atoms with van der Waals surface area (Å²) in [6.07, 6.45) is 2.44. The lowest BCUT2D eigenvalue weighted by Crippen LogP contribution is -2.52. The number of aliphatic imine (C=N–C) groups is 1. The Bertz CT molecular complexity index is 239. The smallest absolute Gasteiger partial charge is 0.205 e. The highest BCUT2D eigenvalue weighted by atomic mass is 15.3. The van der Waals surface area contributed by atoms with E-state index in [-0.39, 0.29) is 0 Å². The lowest BCUT2D eigenvalue weighted by molar-refractivity contribution is 0.209. The lowest BCUT2D eigenvalue weighted by Gasteiger charge is -2.32. The molecule has 0 saturated carbocycles. The number of hydrogen-bond donors (Lipinski definition) is 3. The average Bonchev–Trinajstić information content (AvgIpc) is 2.34. The van der Waals surface area contributed by atoms with Gasteiger partial charge in [-0.3, -0.25) is 10.4 Å². The Morgan fingerprint density at radius 3 is 2.88 bits per heavy atom. The van der Waals surface area contributed by atoms with Crippen molar-refractivity contribution in [3.8, 4) is 0 Å². The molecule has 1 fully saturated rings. The lowest BCUT2D eigenvalue weighted by atomic mass is 10.1. The van der Waals surface area contributed by atoms with Crippen LogP contribution in [0.15, 0.2) is 4.99 Å². The number of nitrogens with zero attached hydrogens (tertiary/aromatic N) is 2. The second-order valence-electron chi connectivity index (χ2n) is 5.10. The summed E-state index contributed by atoms with van der Waals surface area (Å²) < 4.78 is 0. The molecule has 1 saturated heterocycles. The molecule has 1 rings (SSSR count). The highest BCUT2D eigenvalue weighted by molar-refractivity contribution is 5.79. The van der Waals surface area contributed by atoms with Gasteiger partial charge in [0.25, 0.3) is 0 Å². The quantitative estimate of drug-likeness (QED) is 0.291. The summed E-state index contributed by atoms with van der Waals surface area (Å²) in [4.78, 5) is 6.89. The number of hydrogen-bond acceptors (Lipinski definition) is 3. The number of likely N-dealkylation sites (tertiary alicyclic amines) is 1. The van der Waals surface area contributed by atoms with Crippen molar-refractivity contribution in [2.45, 2.75) is 39.7 Å². The average molecular weight is 241 g/mol. The van der Waals surface area contributed by atoms with Crippen molar-refractivity contribution in [3.05, 3.63) is 0 Å². The number of nitrogens with two attached hydrogens (primary N) is 1. The van der Waals surface area contributed by atoms with Crippen LogP contribution < -0.4 is 16.6 Å². The number of nitrogens with one attached hydrogen (secondary N) is 2. The van der Waals surface area contributed by atoms with Crippen molar-refractivity contribution in [2.75, 3.05) is 26.2 Å². The van der Waals surface area contributed by atoms with Crippen LogP contribution in [0.5, 0.6) is 0 Å². The SMILES string of the molecule is CCN1CCCC(NC(=NCC(C)C)NN)C1. The molecular weight excluding hydrogens is 214 g/mol. The topological polar surface area (TPSA) is 65.7 Å². The zero-order valence-electron chi connectivity index (χ0n) is 11.4. The molecule has 0 aromatic rings. The van der Waals surface area contributed by atoms with E-state index in [9.17, 15) is 0 Å². The van der Waals surface area contributed by atoms with E-state index in [2.05, 4.69) is 41.4 Å². The van der Waals surface area contributed by atoms with Gasteiger partial charge in [0.1, 0.15) is 0 Å². The summed E-state index contributed by atoms with van der Waals surface area (Å²) in [6.45, 7) is 10.7. The van der Waals surface area contributed by atoms with Crippen molar-refractivity contribution >= 4 is 5.96 Å². The monoisotopic (exact) mass is 241 g/mol. The van der Waals surface area contributed by atoms with Crippen molar-refractivity contribution in [3.63, 3.8) is 0 Å². The van der Waals surface area contributed by atoms with Crippen LogP contribution in [0.25, 0.3) is 0 Å². The van der Waals surface area contributed by atoms with Crippen LogP contribution >= 0.6 is 0 Å². The van der Waals surface area contributed by atoms with Crippen LogP contribution in [0.4, 0.5) is 0 Å². The molecule has 0 spiro atoms. The number of hydrazine groups is 1. The first-order chi connectivity index (χ1) is 8.15. The van der Waals surface area contributed by atoms with Crippen LogP contribution in [0, 0.1) is 5.92 Å². The minimum Gasteiger partial charge on any atom is -0.351 e. The molecule has 4 N–H and O–H groups in total. The minimum atomic E-state index is 0.464. The maximum absolute atomic E-state index is 5.49. The Labute approximate surface area is 105 Å². The van der Waals surface area contributed by atoms with Gasteiger partial charge in [0.15, 0.2) is 0 Å². The van der Waals surface area contributed by atoms with Gasteiger partial charge < -0.3 is 10.2 Å². The molecule has 100 valence electrons. The van der Waals surface area contributed by atoms with Crippen molar-refractivity contribution in [2.24, 2.45) is 16.8 Å². The van der Waals surface area contributed by atoms with Crippen molar-refractivity contribution < 1.29 is 0 Å². The third kappa shape index (κ3) is 5.37. The summed E-state index contributed by atoms with van der Waals surface area (Å²) in [5, 5.41) is 3.40. The van der Waals surface area contributed by atoms with Crippen LogP contribution in [0.3, 0.4) is 0 Å². The van der Waals surface area contributed by atoms with Gasteiger partial charge in [-0.2, -0.15) is 0 Å². The molecule has 5 heteroatoms. The third-order valence-electron chi connectivity index (χ3n) is 3.04. The summed E-state index contributed by atoms with van der Waals surface area (Å²) in [5.74, 6) is 6.76. The normalized spacial score (nSPS) is 22.9. The second-order valence-corrected chi connectivity index (χ2v) is 5.10. The van der Waals surface area contributed by atoms with Gasteiger partial charge in [-0.05, 0) is 31.8 Å². The zero-order chi connectivity index (χ0) is 12.7. The zero-order valence-corrected chi connectivity index (χ0v) is 11.4. The van der Waals surface area contributed by atoms with E-state index in [4.69, 9.17) is 5.84 Å². The Balaban J connectivity index is 2.41. The van der Waals surface area contributed by atoms with E-state index in [0.717, 1.165) is 25.6 Å². The van der Waals surface area contributed by atoms with Gasteiger partial charge in [0.05, 0.1) is 0 Å². The molecule has 0 aromatic carbocycles. The molecule has 0 amide bonds. The molecule has 1 unspecified atom stereocenters. The van der Waals surface area contributed by atoms with Gasteiger partial charge in [0.2, 0.25) is 5.96 Å². The first kappa shape index (κ1) is 14.3. The van der Waals surface area contributed by atoms with Crippen LogP contribution in [0.1, 0.15) is 33.6 Å². The Hall–Kier alpha value is -0.810. The first-order valence-corrected chi connectivity index (χ1v) is 6.65. The predicted molar refractivity (Wildman–Crippen MR) is 72.7 cm³/mol. The van der Waals surface area contributed by atoms with Gasteiger partial charge in [-0.15, -0.1) is 0 Å². The molecule has 5 nitrogen and oxygen atoms in total. The highest BCUT2D eigenvalue weighted by Gasteiger charge is 2.19. The fraction of sp³-hybridized carbons (Fsp3) is 0.917. The predicted octanol–water partition coefficient (Wildman–Crippen LogP) is 0.536. The summed E-state index contributed by atoms with van der Waals surface area (Å²) in [6, 6.07) is 0.464. The third-order valence-corrected chi connectivity index (χ3v) is 3.04. The molecule has 0 radical (unpaired) electrons. The Kier molecular flexibility index (Phi) is 6.29. The first-order valence-electron chi connectivity index (χ1n) is 6.65. The molecule has 0 aromatic heterocycles. The minimum absolute atomic E-state index is 0.464. The maximum atomic E-state index is 5.49. The molecular formula is C12H27N5. The molecule has 1 aliphatic rings. The Morgan fingerprint density at radius 2 is 2.29 bits per heavy atom. The van der Waals surface area contributed by atoms with Crippen molar-refractivity contribution in [1.82, 2.24) is 15.6 Å². The van der Waals surface area contributed by atoms with Crippen LogP contribution in [0.2, 0.25) is 0 Å². The molecule has 17 heavy (non-hydrogen) atoms.